The first-order valence-corrected chi connectivity index (χ1v) is 13.9. The lowest BCUT2D eigenvalue weighted by Crippen LogP contribution is -2.71. The van der Waals surface area contributed by atoms with Crippen LogP contribution in [0.15, 0.2) is 66.1 Å². The molecule has 0 aromatic heterocycles. The summed E-state index contributed by atoms with van der Waals surface area (Å²) in [6.07, 6.45) is -0.800. The number of hydrogen-bond donors (Lipinski definition) is 2. The Morgan fingerprint density at radius 2 is 1.79 bits per heavy atom. The molecule has 1 fully saturated rings. The van der Waals surface area contributed by atoms with E-state index >= 15 is 0 Å². The number of rotatable bonds is 9. The summed E-state index contributed by atoms with van der Waals surface area (Å²) >= 11 is 1.29. The standard InChI is InChI=1S/C28H30N4O9S/c1-28(2,3)41-27(36)30-20(17-8-6-5-7-9-17)23(33)29-21-24(34)31-22(19(39-4)15-42-25(21)31)26(35)40-14-16-10-12-18(13-11-16)32(37)38/h5-13,20-21,25H,14-15H2,1-4H3,(H,29,33)(H,30,36)/t20?,21-,25+/m1/s1. The van der Waals surface area contributed by atoms with Crippen molar-refractivity contribution in [2.45, 2.75) is 50.4 Å². The van der Waals surface area contributed by atoms with Gasteiger partial charge >= 0.3 is 12.1 Å². The number of nitrogens with zero attached hydrogens (tertiary/aromatic N) is 2. The third kappa shape index (κ3) is 6.82. The van der Waals surface area contributed by atoms with Crippen LogP contribution in [0.1, 0.15) is 37.9 Å². The van der Waals surface area contributed by atoms with Gasteiger partial charge < -0.3 is 24.8 Å². The van der Waals surface area contributed by atoms with Gasteiger partial charge in [0.15, 0.2) is 5.70 Å². The molecular weight excluding hydrogens is 568 g/mol. The largest absolute Gasteiger partial charge is 0.498 e. The molecule has 0 saturated carbocycles. The molecule has 42 heavy (non-hydrogen) atoms. The number of methoxy groups -OCH3 is 1. The highest BCUT2D eigenvalue weighted by Crippen LogP contribution is 2.41. The summed E-state index contributed by atoms with van der Waals surface area (Å²) in [4.78, 5) is 63.8. The van der Waals surface area contributed by atoms with Gasteiger partial charge in [-0.1, -0.05) is 30.3 Å². The molecule has 2 aromatic rings. The summed E-state index contributed by atoms with van der Waals surface area (Å²) in [7, 11) is 1.37. The molecule has 13 nitrogen and oxygen atoms in total. The number of nitro groups is 1. The molecule has 2 aliphatic heterocycles. The van der Waals surface area contributed by atoms with E-state index in [4.69, 9.17) is 14.2 Å². The molecular formula is C28H30N4O9S. The zero-order valence-corrected chi connectivity index (χ0v) is 24.1. The summed E-state index contributed by atoms with van der Waals surface area (Å²) in [5.41, 5.74) is 0.0271. The van der Waals surface area contributed by atoms with E-state index in [9.17, 15) is 29.3 Å². The van der Waals surface area contributed by atoms with Crippen LogP contribution >= 0.6 is 11.8 Å². The minimum atomic E-state index is -1.15. The van der Waals surface area contributed by atoms with Crippen LogP contribution in [0.25, 0.3) is 0 Å². The lowest BCUT2D eigenvalue weighted by Gasteiger charge is -2.49. The molecule has 0 spiro atoms. The number of benzene rings is 2. The van der Waals surface area contributed by atoms with E-state index in [2.05, 4.69) is 10.6 Å². The zero-order valence-electron chi connectivity index (χ0n) is 23.3. The van der Waals surface area contributed by atoms with Crippen LogP contribution in [0, 0.1) is 10.1 Å². The third-order valence-electron chi connectivity index (χ3n) is 6.24. The molecule has 222 valence electrons. The number of nitro benzene ring substituents is 1. The van der Waals surface area contributed by atoms with Crippen LogP contribution in [0.5, 0.6) is 0 Å². The number of carbonyl (C=O) groups is 4. The van der Waals surface area contributed by atoms with E-state index in [1.165, 1.54) is 48.0 Å². The van der Waals surface area contributed by atoms with Crippen molar-refractivity contribution in [2.24, 2.45) is 0 Å². The quantitative estimate of drug-likeness (QED) is 0.189. The minimum absolute atomic E-state index is 0.0786. The average molecular weight is 599 g/mol. The first kappa shape index (κ1) is 30.4. The maximum Gasteiger partial charge on any atom is 0.408 e. The highest BCUT2D eigenvalue weighted by Gasteiger charge is 2.55. The lowest BCUT2D eigenvalue weighted by atomic mass is 10.0. The van der Waals surface area contributed by atoms with Gasteiger partial charge in [0.2, 0.25) is 5.91 Å². The van der Waals surface area contributed by atoms with Gasteiger partial charge in [-0.25, -0.2) is 9.59 Å². The maximum absolute atomic E-state index is 13.4. The predicted octanol–water partition coefficient (Wildman–Crippen LogP) is 3.16. The van der Waals surface area contributed by atoms with Gasteiger partial charge in [-0.3, -0.25) is 24.6 Å². The second-order valence-corrected chi connectivity index (χ2v) is 11.5. The Labute approximate surface area is 245 Å². The monoisotopic (exact) mass is 598 g/mol. The number of amides is 3. The molecule has 1 saturated heterocycles. The molecule has 2 aliphatic rings. The Balaban J connectivity index is 1.46. The minimum Gasteiger partial charge on any atom is -0.498 e. The van der Waals surface area contributed by atoms with E-state index in [-0.39, 0.29) is 29.5 Å². The number of alkyl carbamates (subject to hydrolysis) is 1. The molecule has 3 atom stereocenters. The normalized spacial score (nSPS) is 18.7. The summed E-state index contributed by atoms with van der Waals surface area (Å²) in [5, 5.41) is 15.5. The highest BCUT2D eigenvalue weighted by molar-refractivity contribution is 8.00. The van der Waals surface area contributed by atoms with Gasteiger partial charge in [0, 0.05) is 12.1 Å². The first-order chi connectivity index (χ1) is 19.9. The number of carbonyl (C=O) groups excluding carboxylic acids is 4. The zero-order chi connectivity index (χ0) is 30.6. The highest BCUT2D eigenvalue weighted by atomic mass is 32.2. The number of non-ortho nitro benzene ring substituents is 1. The number of ether oxygens (including phenoxy) is 3. The number of fused-ring (bicyclic) bond motifs is 1. The second-order valence-electron chi connectivity index (χ2n) is 10.4. The summed E-state index contributed by atoms with van der Waals surface area (Å²) < 4.78 is 16.1. The molecule has 4 rings (SSSR count). The van der Waals surface area contributed by atoms with Gasteiger partial charge in [-0.05, 0) is 44.0 Å². The van der Waals surface area contributed by atoms with E-state index < -0.39 is 51.9 Å². The smallest absolute Gasteiger partial charge is 0.408 e. The van der Waals surface area contributed by atoms with E-state index in [1.807, 2.05) is 0 Å². The van der Waals surface area contributed by atoms with E-state index in [0.717, 1.165) is 0 Å². The van der Waals surface area contributed by atoms with Gasteiger partial charge in [0.1, 0.15) is 35.4 Å². The molecule has 0 aliphatic carbocycles. The molecule has 2 aromatic carbocycles. The fraction of sp³-hybridized carbons (Fsp3) is 0.357. The van der Waals surface area contributed by atoms with Crippen molar-refractivity contribution in [3.8, 4) is 0 Å². The summed E-state index contributed by atoms with van der Waals surface area (Å²) in [5.74, 6) is -1.53. The van der Waals surface area contributed by atoms with Gasteiger partial charge in [-0.2, -0.15) is 0 Å². The van der Waals surface area contributed by atoms with Crippen LogP contribution in [0.2, 0.25) is 0 Å². The Morgan fingerprint density at radius 3 is 2.38 bits per heavy atom. The van der Waals surface area contributed by atoms with Crippen molar-refractivity contribution >= 4 is 41.3 Å². The SMILES string of the molecule is COC1=C(C(=O)OCc2ccc([N+](=O)[O-])cc2)N2C(=O)[C@@H](NC(=O)C(NC(=O)OC(C)(C)C)c3ccccc3)[C@@H]2SC1. The first-order valence-electron chi connectivity index (χ1n) is 12.9. The molecule has 2 N–H and O–H groups in total. The number of esters is 1. The Bertz CT molecular complexity index is 1410. The van der Waals surface area contributed by atoms with Crippen LogP contribution in [0.4, 0.5) is 10.5 Å². The molecule has 0 bridgehead atoms. The topological polar surface area (TPSA) is 166 Å². The molecule has 14 heteroatoms. The van der Waals surface area contributed by atoms with Crippen molar-refractivity contribution in [1.29, 1.82) is 0 Å². The number of β-lactam (4-membered cyclic amide) rings is 1. The molecule has 2 heterocycles. The van der Waals surface area contributed by atoms with Crippen LogP contribution in [0.3, 0.4) is 0 Å². The van der Waals surface area contributed by atoms with Crippen molar-refractivity contribution in [3.05, 3.63) is 87.3 Å². The number of hydrogen-bond acceptors (Lipinski definition) is 10. The van der Waals surface area contributed by atoms with E-state index in [0.29, 0.717) is 11.1 Å². The van der Waals surface area contributed by atoms with Crippen LogP contribution < -0.4 is 10.6 Å². The fourth-order valence-electron chi connectivity index (χ4n) is 4.28. The Hall–Kier alpha value is -4.59. The Morgan fingerprint density at radius 1 is 1.12 bits per heavy atom. The lowest BCUT2D eigenvalue weighted by molar-refractivity contribution is -0.384. The Kier molecular flexibility index (Phi) is 9.05. The van der Waals surface area contributed by atoms with E-state index in [1.54, 1.807) is 51.1 Å². The maximum atomic E-state index is 13.4. The van der Waals surface area contributed by atoms with Crippen molar-refractivity contribution in [2.75, 3.05) is 12.9 Å². The van der Waals surface area contributed by atoms with Crippen molar-refractivity contribution < 1.29 is 38.3 Å². The number of thioether (sulfide) groups is 1. The van der Waals surface area contributed by atoms with Gasteiger partial charge in [0.25, 0.3) is 11.6 Å². The summed E-state index contributed by atoms with van der Waals surface area (Å²) in [6.45, 7) is 4.90. The second kappa shape index (κ2) is 12.5. The summed E-state index contributed by atoms with van der Waals surface area (Å²) in [6, 6.07) is 11.9. The number of nitrogens with one attached hydrogen (secondary N) is 2. The van der Waals surface area contributed by atoms with Crippen molar-refractivity contribution in [3.63, 3.8) is 0 Å². The third-order valence-corrected chi connectivity index (χ3v) is 7.50. The van der Waals surface area contributed by atoms with Crippen LogP contribution in [-0.4, -0.2) is 63.6 Å². The molecule has 1 unspecified atom stereocenters. The van der Waals surface area contributed by atoms with Crippen LogP contribution in [-0.2, 0) is 35.2 Å². The van der Waals surface area contributed by atoms with Gasteiger partial charge in [0.05, 0.1) is 17.8 Å². The molecule has 0 radical (unpaired) electrons. The molecule has 3 amide bonds. The fourth-order valence-corrected chi connectivity index (χ4v) is 5.59. The average Bonchev–Trinajstić information content (AvgIpc) is 2.96. The van der Waals surface area contributed by atoms with Crippen molar-refractivity contribution in [1.82, 2.24) is 15.5 Å². The predicted molar refractivity (Wildman–Crippen MR) is 151 cm³/mol. The van der Waals surface area contributed by atoms with Gasteiger partial charge in [-0.15, -0.1) is 11.8 Å².